The number of aryl methyl sites for hydroxylation is 1. The Morgan fingerprint density at radius 2 is 1.85 bits per heavy atom. The minimum atomic E-state index is -3.29. The van der Waals surface area contributed by atoms with Crippen LogP contribution in [0.2, 0.25) is 0 Å². The maximum Gasteiger partial charge on any atom is 0.335 e. The number of nitrogens with one attached hydrogen (secondary N) is 1. The van der Waals surface area contributed by atoms with Gasteiger partial charge in [0.1, 0.15) is 0 Å². The van der Waals surface area contributed by atoms with E-state index in [1.165, 1.54) is 16.4 Å². The van der Waals surface area contributed by atoms with Gasteiger partial charge in [-0.05, 0) is 48.7 Å². The number of aromatic carboxylic acids is 1. The van der Waals surface area contributed by atoms with Crippen LogP contribution in [-0.2, 0) is 21.2 Å². The maximum absolute atomic E-state index is 12.3. The molecule has 1 aliphatic rings. The fourth-order valence-electron chi connectivity index (χ4n) is 3.02. The molecule has 3 rings (SSSR count). The summed E-state index contributed by atoms with van der Waals surface area (Å²) in [6.45, 7) is 2.27. The van der Waals surface area contributed by atoms with E-state index in [0.717, 1.165) is 5.56 Å². The van der Waals surface area contributed by atoms with E-state index in [2.05, 4.69) is 5.32 Å². The molecule has 1 saturated heterocycles. The number of carboxylic acids is 1. The fraction of sp³-hybridized carbons (Fsp3) is 0.263. The van der Waals surface area contributed by atoms with Gasteiger partial charge in [-0.25, -0.2) is 13.2 Å². The minimum Gasteiger partial charge on any atom is -0.478 e. The molecule has 0 aromatic heterocycles. The van der Waals surface area contributed by atoms with Crippen molar-refractivity contribution in [2.45, 2.75) is 19.8 Å². The first kappa shape index (κ1) is 18.9. The Labute approximate surface area is 157 Å². The van der Waals surface area contributed by atoms with Crippen LogP contribution in [0.5, 0.6) is 0 Å². The molecule has 0 unspecified atom stereocenters. The van der Waals surface area contributed by atoms with Crippen LogP contribution in [0.1, 0.15) is 27.9 Å². The molecule has 1 fully saturated rings. The summed E-state index contributed by atoms with van der Waals surface area (Å²) in [6.07, 6.45) is 0.676. The molecule has 0 atom stereocenters. The van der Waals surface area contributed by atoms with Crippen molar-refractivity contribution < 1.29 is 23.1 Å². The summed E-state index contributed by atoms with van der Waals surface area (Å²) in [6, 6.07) is 11.3. The monoisotopic (exact) mass is 388 g/mol. The summed E-state index contributed by atoms with van der Waals surface area (Å²) in [5.41, 5.74) is 2.77. The van der Waals surface area contributed by atoms with E-state index in [9.17, 15) is 18.0 Å². The highest BCUT2D eigenvalue weighted by Gasteiger charge is 2.29. The van der Waals surface area contributed by atoms with Crippen LogP contribution in [0.25, 0.3) is 0 Å². The van der Waals surface area contributed by atoms with Crippen molar-refractivity contribution >= 4 is 33.3 Å². The zero-order chi connectivity index (χ0) is 19.6. The van der Waals surface area contributed by atoms with Crippen molar-refractivity contribution in [2.24, 2.45) is 0 Å². The summed E-state index contributed by atoms with van der Waals surface area (Å²) in [7, 11) is -3.29. The molecule has 1 aliphatic heterocycles. The Hall–Kier alpha value is -2.87. The Morgan fingerprint density at radius 1 is 1.15 bits per heavy atom. The number of amides is 1. The first-order chi connectivity index (χ1) is 12.8. The number of carboxylic acid groups (broad SMARTS) is 1. The van der Waals surface area contributed by atoms with Gasteiger partial charge >= 0.3 is 5.97 Å². The molecule has 0 spiro atoms. The smallest absolute Gasteiger partial charge is 0.335 e. The lowest BCUT2D eigenvalue weighted by molar-refractivity contribution is -0.115. The van der Waals surface area contributed by atoms with E-state index in [1.807, 2.05) is 6.92 Å². The number of nitrogens with zero attached hydrogens (tertiary/aromatic N) is 1. The van der Waals surface area contributed by atoms with Gasteiger partial charge in [-0.15, -0.1) is 0 Å². The molecule has 1 amide bonds. The lowest BCUT2D eigenvalue weighted by Gasteiger charge is -2.20. The van der Waals surface area contributed by atoms with Gasteiger partial charge in [0, 0.05) is 12.2 Å². The summed E-state index contributed by atoms with van der Waals surface area (Å²) < 4.78 is 25.7. The zero-order valence-electron chi connectivity index (χ0n) is 14.8. The molecule has 0 saturated carbocycles. The van der Waals surface area contributed by atoms with E-state index < -0.39 is 16.0 Å². The standard InChI is InChI=1S/C19H20N2O5S/c1-13-3-8-16(12-17(13)21-9-2-10-27(21,25)26)20-18(22)11-14-4-6-15(7-5-14)19(23)24/h3-8,12H,2,9-11H2,1H3,(H,20,22)(H,23,24). The molecule has 0 radical (unpaired) electrons. The largest absolute Gasteiger partial charge is 0.478 e. The van der Waals surface area contributed by atoms with E-state index >= 15 is 0 Å². The van der Waals surface area contributed by atoms with E-state index in [4.69, 9.17) is 5.11 Å². The maximum atomic E-state index is 12.3. The van der Waals surface area contributed by atoms with Crippen molar-refractivity contribution in [2.75, 3.05) is 21.9 Å². The summed E-state index contributed by atoms with van der Waals surface area (Å²) in [4.78, 5) is 23.1. The number of hydrogen-bond acceptors (Lipinski definition) is 4. The molecule has 2 aromatic rings. The number of carbonyl (C=O) groups excluding carboxylic acids is 1. The summed E-state index contributed by atoms with van der Waals surface area (Å²) in [5.74, 6) is -1.15. The van der Waals surface area contributed by atoms with Crippen molar-refractivity contribution in [3.63, 3.8) is 0 Å². The third kappa shape index (κ3) is 4.28. The van der Waals surface area contributed by atoms with Crippen LogP contribution in [0.4, 0.5) is 11.4 Å². The van der Waals surface area contributed by atoms with E-state index in [0.29, 0.717) is 29.9 Å². The van der Waals surface area contributed by atoms with Crippen molar-refractivity contribution in [3.8, 4) is 0 Å². The zero-order valence-corrected chi connectivity index (χ0v) is 15.6. The van der Waals surface area contributed by atoms with Crippen LogP contribution >= 0.6 is 0 Å². The van der Waals surface area contributed by atoms with Crippen LogP contribution in [0, 0.1) is 6.92 Å². The Kier molecular flexibility index (Phi) is 5.18. The number of hydrogen-bond donors (Lipinski definition) is 2. The molecule has 1 heterocycles. The van der Waals surface area contributed by atoms with Gasteiger partial charge < -0.3 is 10.4 Å². The molecule has 2 N–H and O–H groups in total. The van der Waals surface area contributed by atoms with Crippen molar-refractivity contribution in [1.29, 1.82) is 0 Å². The molecular formula is C19H20N2O5S. The van der Waals surface area contributed by atoms with Gasteiger partial charge in [-0.1, -0.05) is 18.2 Å². The third-order valence-corrected chi connectivity index (χ3v) is 6.28. The fourth-order valence-corrected chi connectivity index (χ4v) is 4.64. The average Bonchev–Trinajstić information content (AvgIpc) is 2.96. The van der Waals surface area contributed by atoms with Gasteiger partial charge in [0.2, 0.25) is 15.9 Å². The molecule has 27 heavy (non-hydrogen) atoms. The first-order valence-corrected chi connectivity index (χ1v) is 10.1. The van der Waals surface area contributed by atoms with Crippen molar-refractivity contribution in [3.05, 3.63) is 59.2 Å². The molecule has 0 bridgehead atoms. The second-order valence-corrected chi connectivity index (χ2v) is 8.48. The summed E-state index contributed by atoms with van der Waals surface area (Å²) in [5, 5.41) is 11.7. The summed E-state index contributed by atoms with van der Waals surface area (Å²) >= 11 is 0. The number of benzene rings is 2. The molecule has 0 aliphatic carbocycles. The minimum absolute atomic E-state index is 0.0884. The van der Waals surface area contributed by atoms with Crippen LogP contribution < -0.4 is 9.62 Å². The lowest BCUT2D eigenvalue weighted by Crippen LogP contribution is -2.26. The number of rotatable bonds is 5. The highest BCUT2D eigenvalue weighted by atomic mass is 32.2. The lowest BCUT2D eigenvalue weighted by atomic mass is 10.1. The first-order valence-electron chi connectivity index (χ1n) is 8.49. The Bertz CT molecular complexity index is 984. The predicted molar refractivity (Wildman–Crippen MR) is 103 cm³/mol. The molecule has 2 aromatic carbocycles. The Balaban J connectivity index is 1.73. The van der Waals surface area contributed by atoms with Crippen LogP contribution in [0.3, 0.4) is 0 Å². The second kappa shape index (κ2) is 7.40. The van der Waals surface area contributed by atoms with Gasteiger partial charge in [0.25, 0.3) is 0 Å². The number of carbonyl (C=O) groups is 2. The number of sulfonamides is 1. The van der Waals surface area contributed by atoms with Crippen molar-refractivity contribution in [1.82, 2.24) is 0 Å². The highest BCUT2D eigenvalue weighted by molar-refractivity contribution is 7.93. The quantitative estimate of drug-likeness (QED) is 0.819. The Morgan fingerprint density at radius 3 is 2.44 bits per heavy atom. The van der Waals surface area contributed by atoms with Crippen LogP contribution in [0.15, 0.2) is 42.5 Å². The predicted octanol–water partition coefficient (Wildman–Crippen LogP) is 2.41. The van der Waals surface area contributed by atoms with Gasteiger partial charge in [0.15, 0.2) is 0 Å². The molecular weight excluding hydrogens is 368 g/mol. The highest BCUT2D eigenvalue weighted by Crippen LogP contribution is 2.30. The second-order valence-electron chi connectivity index (χ2n) is 6.47. The molecule has 8 heteroatoms. The van der Waals surface area contributed by atoms with Gasteiger partial charge in [-0.3, -0.25) is 9.10 Å². The number of anilines is 2. The molecule has 142 valence electrons. The van der Waals surface area contributed by atoms with Gasteiger partial charge in [-0.2, -0.15) is 0 Å². The van der Waals surface area contributed by atoms with E-state index in [1.54, 1.807) is 30.3 Å². The third-order valence-electron chi connectivity index (χ3n) is 4.43. The topological polar surface area (TPSA) is 104 Å². The average molecular weight is 388 g/mol. The van der Waals surface area contributed by atoms with Gasteiger partial charge in [0.05, 0.1) is 23.4 Å². The van der Waals surface area contributed by atoms with E-state index in [-0.39, 0.29) is 23.6 Å². The molecule has 7 nitrogen and oxygen atoms in total. The van der Waals surface area contributed by atoms with Crippen LogP contribution in [-0.4, -0.2) is 37.7 Å². The SMILES string of the molecule is Cc1ccc(NC(=O)Cc2ccc(C(=O)O)cc2)cc1N1CCCS1(=O)=O. The normalized spacial score (nSPS) is 15.5.